The van der Waals surface area contributed by atoms with Gasteiger partial charge in [-0.05, 0) is 25.7 Å². The lowest BCUT2D eigenvalue weighted by Gasteiger charge is -2.33. The van der Waals surface area contributed by atoms with Gasteiger partial charge >= 0.3 is 5.97 Å². The van der Waals surface area contributed by atoms with Crippen LogP contribution >= 0.6 is 0 Å². The predicted octanol–water partition coefficient (Wildman–Crippen LogP) is -0.238. The summed E-state index contributed by atoms with van der Waals surface area (Å²) in [6, 6.07) is -1.20. The molecule has 1 aliphatic rings. The summed E-state index contributed by atoms with van der Waals surface area (Å²) in [5.74, 6) is -0.687. The Morgan fingerprint density at radius 1 is 1.50 bits per heavy atom. The molecule has 2 atom stereocenters. The molecule has 18 heavy (non-hydrogen) atoms. The molecule has 0 aromatic rings. The molecule has 0 bridgehead atoms. The van der Waals surface area contributed by atoms with Gasteiger partial charge in [0.2, 0.25) is 0 Å². The molecule has 6 heteroatoms. The van der Waals surface area contributed by atoms with Gasteiger partial charge in [0.05, 0.1) is 13.2 Å². The number of methoxy groups -OCH3 is 1. The zero-order valence-corrected chi connectivity index (χ0v) is 11.1. The van der Waals surface area contributed by atoms with Crippen molar-refractivity contribution in [1.82, 2.24) is 4.90 Å². The number of carbonyl (C=O) groups excluding carboxylic acids is 2. The van der Waals surface area contributed by atoms with Crippen molar-refractivity contribution in [2.75, 3.05) is 33.4 Å². The normalized spacial score (nSPS) is 21.5. The first-order chi connectivity index (χ1) is 8.60. The molecular weight excluding hydrogens is 236 g/mol. The number of esters is 1. The van der Waals surface area contributed by atoms with Crippen LogP contribution in [-0.4, -0.2) is 56.2 Å². The standard InChI is InChI=1S/C12H22N2O4/c1-3-18-12(16)10(13)11(15)14-6-4-5-9(7-14)8-17-2/h9-10H,3-8,13H2,1-2H3. The number of nitrogens with zero attached hydrogens (tertiary/aromatic N) is 1. The Bertz CT molecular complexity index is 294. The topological polar surface area (TPSA) is 81.9 Å². The van der Waals surface area contributed by atoms with E-state index in [1.54, 1.807) is 18.9 Å². The molecule has 1 heterocycles. The van der Waals surface area contributed by atoms with Gasteiger partial charge < -0.3 is 20.1 Å². The fourth-order valence-corrected chi connectivity index (χ4v) is 2.17. The van der Waals surface area contributed by atoms with Gasteiger partial charge in [0.1, 0.15) is 0 Å². The summed E-state index contributed by atoms with van der Waals surface area (Å²) in [6.45, 7) is 3.78. The largest absolute Gasteiger partial charge is 0.464 e. The third kappa shape index (κ3) is 3.96. The molecular formula is C12H22N2O4. The fraction of sp³-hybridized carbons (Fsp3) is 0.833. The molecule has 0 aromatic carbocycles. The molecule has 0 saturated carbocycles. The van der Waals surface area contributed by atoms with Gasteiger partial charge in [-0.15, -0.1) is 0 Å². The third-order valence-corrected chi connectivity index (χ3v) is 3.04. The Labute approximate surface area is 107 Å². The van der Waals surface area contributed by atoms with Crippen molar-refractivity contribution in [1.29, 1.82) is 0 Å². The number of rotatable bonds is 5. The number of hydrogen-bond acceptors (Lipinski definition) is 5. The van der Waals surface area contributed by atoms with Crippen molar-refractivity contribution < 1.29 is 19.1 Å². The fourth-order valence-electron chi connectivity index (χ4n) is 2.17. The first-order valence-electron chi connectivity index (χ1n) is 6.30. The molecule has 0 aliphatic carbocycles. The van der Waals surface area contributed by atoms with Crippen LogP contribution < -0.4 is 5.73 Å². The first kappa shape index (κ1) is 14.9. The molecule has 0 aromatic heterocycles. The van der Waals surface area contributed by atoms with Crippen molar-refractivity contribution in [3.8, 4) is 0 Å². The predicted molar refractivity (Wildman–Crippen MR) is 65.8 cm³/mol. The summed E-state index contributed by atoms with van der Waals surface area (Å²) in [4.78, 5) is 25.1. The minimum absolute atomic E-state index is 0.228. The Kier molecular flexibility index (Phi) is 6.07. The number of nitrogens with two attached hydrogens (primary N) is 1. The van der Waals surface area contributed by atoms with Crippen LogP contribution in [-0.2, 0) is 19.1 Å². The highest BCUT2D eigenvalue weighted by molar-refractivity contribution is 6.01. The number of amides is 1. The van der Waals surface area contributed by atoms with E-state index in [1.165, 1.54) is 0 Å². The van der Waals surface area contributed by atoms with Crippen molar-refractivity contribution in [2.24, 2.45) is 11.7 Å². The molecule has 2 unspecified atom stereocenters. The summed E-state index contributed by atoms with van der Waals surface area (Å²) in [6.07, 6.45) is 1.95. The lowest BCUT2D eigenvalue weighted by atomic mass is 9.98. The molecule has 1 rings (SSSR count). The molecule has 0 radical (unpaired) electrons. The van der Waals surface area contributed by atoms with Crippen molar-refractivity contribution in [3.05, 3.63) is 0 Å². The minimum Gasteiger partial charge on any atom is -0.464 e. The minimum atomic E-state index is -1.20. The smallest absolute Gasteiger partial charge is 0.332 e. The lowest BCUT2D eigenvalue weighted by Crippen LogP contribution is -2.52. The summed E-state index contributed by atoms with van der Waals surface area (Å²) in [7, 11) is 1.64. The Morgan fingerprint density at radius 3 is 2.83 bits per heavy atom. The molecule has 1 fully saturated rings. The molecule has 0 spiro atoms. The van der Waals surface area contributed by atoms with Gasteiger partial charge in [-0.2, -0.15) is 0 Å². The maximum Gasteiger partial charge on any atom is 0.332 e. The van der Waals surface area contributed by atoms with E-state index in [1.807, 2.05) is 0 Å². The first-order valence-corrected chi connectivity index (χ1v) is 6.30. The van der Waals surface area contributed by atoms with Gasteiger partial charge in [0.15, 0.2) is 6.04 Å². The quantitative estimate of drug-likeness (QED) is 0.544. The second kappa shape index (κ2) is 7.33. The monoisotopic (exact) mass is 258 g/mol. The maximum absolute atomic E-state index is 12.0. The zero-order chi connectivity index (χ0) is 13.5. The molecule has 6 nitrogen and oxygen atoms in total. The van der Waals surface area contributed by atoms with E-state index in [4.69, 9.17) is 15.2 Å². The van der Waals surface area contributed by atoms with Crippen LogP contribution in [0.3, 0.4) is 0 Å². The highest BCUT2D eigenvalue weighted by Crippen LogP contribution is 2.17. The second-order valence-electron chi connectivity index (χ2n) is 4.48. The van der Waals surface area contributed by atoms with Crippen LogP contribution in [0.25, 0.3) is 0 Å². The second-order valence-corrected chi connectivity index (χ2v) is 4.48. The van der Waals surface area contributed by atoms with Gasteiger partial charge in [-0.1, -0.05) is 0 Å². The molecule has 1 saturated heterocycles. The molecule has 1 amide bonds. The Hall–Kier alpha value is -1.14. The zero-order valence-electron chi connectivity index (χ0n) is 11.1. The highest BCUT2D eigenvalue weighted by atomic mass is 16.5. The molecule has 1 aliphatic heterocycles. The number of hydrogen-bond donors (Lipinski definition) is 1. The Balaban J connectivity index is 2.52. The van der Waals surface area contributed by atoms with Crippen LogP contribution in [0.2, 0.25) is 0 Å². The highest BCUT2D eigenvalue weighted by Gasteiger charge is 2.31. The van der Waals surface area contributed by atoms with Crippen LogP contribution in [0.5, 0.6) is 0 Å². The van der Waals surface area contributed by atoms with E-state index in [2.05, 4.69) is 0 Å². The van der Waals surface area contributed by atoms with E-state index < -0.39 is 12.0 Å². The van der Waals surface area contributed by atoms with Crippen molar-refractivity contribution >= 4 is 11.9 Å². The van der Waals surface area contributed by atoms with Gasteiger partial charge in [-0.3, -0.25) is 4.79 Å². The number of likely N-dealkylation sites (tertiary alicyclic amines) is 1. The van der Waals surface area contributed by atoms with Crippen LogP contribution in [0, 0.1) is 5.92 Å². The Morgan fingerprint density at radius 2 is 2.22 bits per heavy atom. The maximum atomic E-state index is 12.0. The summed E-state index contributed by atoms with van der Waals surface area (Å²) in [5.41, 5.74) is 5.60. The van der Waals surface area contributed by atoms with Gasteiger partial charge in [0.25, 0.3) is 5.91 Å². The number of carbonyl (C=O) groups is 2. The summed E-state index contributed by atoms with van der Waals surface area (Å²) < 4.78 is 9.85. The van der Waals surface area contributed by atoms with E-state index in [-0.39, 0.29) is 12.5 Å². The summed E-state index contributed by atoms with van der Waals surface area (Å²) in [5, 5.41) is 0. The van der Waals surface area contributed by atoms with E-state index in [9.17, 15) is 9.59 Å². The van der Waals surface area contributed by atoms with Crippen LogP contribution in [0.1, 0.15) is 19.8 Å². The van der Waals surface area contributed by atoms with Crippen molar-refractivity contribution in [3.63, 3.8) is 0 Å². The van der Waals surface area contributed by atoms with Crippen molar-refractivity contribution in [2.45, 2.75) is 25.8 Å². The summed E-state index contributed by atoms with van der Waals surface area (Å²) >= 11 is 0. The van der Waals surface area contributed by atoms with Gasteiger partial charge in [0, 0.05) is 20.2 Å². The molecule has 104 valence electrons. The molecule has 2 N–H and O–H groups in total. The SMILES string of the molecule is CCOC(=O)C(N)C(=O)N1CCCC(COC)C1. The number of ether oxygens (including phenoxy) is 2. The number of piperidine rings is 1. The van der Waals surface area contributed by atoms with E-state index in [0.29, 0.717) is 25.6 Å². The van der Waals surface area contributed by atoms with Crippen LogP contribution in [0.15, 0.2) is 0 Å². The third-order valence-electron chi connectivity index (χ3n) is 3.04. The average Bonchev–Trinajstić information content (AvgIpc) is 2.38. The van der Waals surface area contributed by atoms with E-state index in [0.717, 1.165) is 12.8 Å². The van der Waals surface area contributed by atoms with Crippen LogP contribution in [0.4, 0.5) is 0 Å². The lowest BCUT2D eigenvalue weighted by molar-refractivity contribution is -0.151. The van der Waals surface area contributed by atoms with E-state index >= 15 is 0 Å². The van der Waals surface area contributed by atoms with Gasteiger partial charge in [-0.25, -0.2) is 4.79 Å². The average molecular weight is 258 g/mol.